The molecule has 0 aliphatic carbocycles. The molecule has 0 aromatic carbocycles. The molecule has 3 rings (SSSR count). The SMILES string of the molecule is Cn1cnc2cnc(-n3nc(C(F)(F)F)cc3C(F)(F)F)nc21. The Morgan fingerprint density at radius 3 is 2.30 bits per heavy atom. The molecule has 3 aromatic heterocycles. The van der Waals surface area contributed by atoms with Crippen molar-refractivity contribution >= 4 is 11.2 Å². The monoisotopic (exact) mass is 336 g/mol. The molecule has 6 nitrogen and oxygen atoms in total. The van der Waals surface area contributed by atoms with Crippen molar-refractivity contribution in [3.05, 3.63) is 30.0 Å². The molecule has 23 heavy (non-hydrogen) atoms. The summed E-state index contributed by atoms with van der Waals surface area (Å²) in [5.41, 5.74) is -2.86. The van der Waals surface area contributed by atoms with Gasteiger partial charge in [-0.3, -0.25) is 0 Å². The summed E-state index contributed by atoms with van der Waals surface area (Å²) in [4.78, 5) is 11.3. The van der Waals surface area contributed by atoms with Crippen molar-refractivity contribution in [2.75, 3.05) is 0 Å². The van der Waals surface area contributed by atoms with Gasteiger partial charge >= 0.3 is 12.4 Å². The van der Waals surface area contributed by atoms with Crippen molar-refractivity contribution in [2.24, 2.45) is 7.05 Å². The summed E-state index contributed by atoms with van der Waals surface area (Å²) in [7, 11) is 1.53. The van der Waals surface area contributed by atoms with Gasteiger partial charge in [0.2, 0.25) is 0 Å². The van der Waals surface area contributed by atoms with E-state index < -0.39 is 29.7 Å². The lowest BCUT2D eigenvalue weighted by molar-refractivity contribution is -0.143. The average molecular weight is 336 g/mol. The predicted molar refractivity (Wildman–Crippen MR) is 63.4 cm³/mol. The van der Waals surface area contributed by atoms with Crippen molar-refractivity contribution in [3.8, 4) is 5.95 Å². The van der Waals surface area contributed by atoms with Crippen LogP contribution in [-0.2, 0) is 19.4 Å². The number of rotatable bonds is 1. The van der Waals surface area contributed by atoms with Gasteiger partial charge in [-0.1, -0.05) is 0 Å². The minimum absolute atomic E-state index is 0.0231. The van der Waals surface area contributed by atoms with Crippen molar-refractivity contribution < 1.29 is 26.3 Å². The Bertz CT molecular complexity index is 873. The van der Waals surface area contributed by atoms with Crippen molar-refractivity contribution in [1.29, 1.82) is 0 Å². The highest BCUT2D eigenvalue weighted by molar-refractivity contribution is 5.69. The summed E-state index contributed by atoms with van der Waals surface area (Å²) in [5.74, 6) is -0.635. The molecule has 3 aromatic rings. The van der Waals surface area contributed by atoms with Crippen LogP contribution in [0.5, 0.6) is 0 Å². The molecule has 0 N–H and O–H groups in total. The van der Waals surface area contributed by atoms with E-state index in [1.807, 2.05) is 0 Å². The molecule has 0 atom stereocenters. The van der Waals surface area contributed by atoms with Gasteiger partial charge in [0.25, 0.3) is 5.95 Å². The lowest BCUT2D eigenvalue weighted by atomic mass is 10.3. The number of nitrogens with zero attached hydrogens (tertiary/aromatic N) is 6. The van der Waals surface area contributed by atoms with Gasteiger partial charge in [-0.15, -0.1) is 0 Å². The van der Waals surface area contributed by atoms with E-state index >= 15 is 0 Å². The lowest BCUT2D eigenvalue weighted by Gasteiger charge is -2.08. The Morgan fingerprint density at radius 2 is 1.70 bits per heavy atom. The summed E-state index contributed by atoms with van der Waals surface area (Å²) in [6.07, 6.45) is -7.63. The zero-order chi connectivity index (χ0) is 17.0. The third-order valence-corrected chi connectivity index (χ3v) is 2.92. The zero-order valence-corrected chi connectivity index (χ0v) is 11.2. The number of aryl methyl sites for hydroxylation is 1. The summed E-state index contributed by atoms with van der Waals surface area (Å²) < 4.78 is 78.3. The van der Waals surface area contributed by atoms with Crippen LogP contribution in [0.3, 0.4) is 0 Å². The topological polar surface area (TPSA) is 61.4 Å². The number of hydrogen-bond donors (Lipinski definition) is 0. The van der Waals surface area contributed by atoms with E-state index in [2.05, 4.69) is 20.1 Å². The van der Waals surface area contributed by atoms with Gasteiger partial charge in [0.15, 0.2) is 17.0 Å². The highest BCUT2D eigenvalue weighted by atomic mass is 19.4. The zero-order valence-electron chi connectivity index (χ0n) is 11.2. The average Bonchev–Trinajstić information content (AvgIpc) is 3.02. The first-order valence-electron chi connectivity index (χ1n) is 5.96. The molecular weight excluding hydrogens is 330 g/mol. The maximum Gasteiger partial charge on any atom is 0.435 e. The van der Waals surface area contributed by atoms with E-state index in [1.165, 1.54) is 17.9 Å². The fourth-order valence-corrected chi connectivity index (χ4v) is 1.89. The van der Waals surface area contributed by atoms with Gasteiger partial charge < -0.3 is 4.57 Å². The molecule has 122 valence electrons. The first-order valence-corrected chi connectivity index (χ1v) is 5.96. The first kappa shape index (κ1) is 15.2. The second kappa shape index (κ2) is 4.67. The van der Waals surface area contributed by atoms with Gasteiger partial charge in [0, 0.05) is 13.1 Å². The van der Waals surface area contributed by atoms with Crippen LogP contribution in [0.15, 0.2) is 18.6 Å². The molecule has 0 unspecified atom stereocenters. The Kier molecular flexibility index (Phi) is 3.09. The van der Waals surface area contributed by atoms with E-state index in [0.29, 0.717) is 0 Å². The first-order chi connectivity index (χ1) is 10.6. The molecule has 0 bridgehead atoms. The molecule has 0 aliphatic heterocycles. The molecule has 0 radical (unpaired) electrons. The van der Waals surface area contributed by atoms with Crippen LogP contribution >= 0.6 is 0 Å². The largest absolute Gasteiger partial charge is 0.435 e. The highest BCUT2D eigenvalue weighted by Gasteiger charge is 2.42. The van der Waals surface area contributed by atoms with E-state index in [0.717, 1.165) is 6.20 Å². The molecule has 0 fully saturated rings. The fourth-order valence-electron chi connectivity index (χ4n) is 1.89. The van der Waals surface area contributed by atoms with Gasteiger partial charge in [-0.25, -0.2) is 9.97 Å². The number of alkyl halides is 6. The minimum Gasteiger partial charge on any atom is -0.318 e. The molecular formula is C11H6F6N6. The van der Waals surface area contributed by atoms with Gasteiger partial charge in [-0.05, 0) is 0 Å². The second-order valence-corrected chi connectivity index (χ2v) is 4.56. The lowest BCUT2D eigenvalue weighted by Crippen LogP contribution is -2.15. The Labute approximate surface area is 123 Å². The van der Waals surface area contributed by atoms with Crippen LogP contribution in [0.1, 0.15) is 11.4 Å². The maximum absolute atomic E-state index is 13.0. The molecule has 3 heterocycles. The van der Waals surface area contributed by atoms with Crippen LogP contribution in [0.25, 0.3) is 17.1 Å². The van der Waals surface area contributed by atoms with E-state index in [-0.39, 0.29) is 21.9 Å². The van der Waals surface area contributed by atoms with Crippen LogP contribution in [0, 0.1) is 0 Å². The number of imidazole rings is 1. The maximum atomic E-state index is 13.0. The third-order valence-electron chi connectivity index (χ3n) is 2.92. The standard InChI is InChI=1S/C11H6F6N6/c1-22-4-19-5-3-18-9(20-8(5)22)23-7(11(15,16)17)2-6(21-23)10(12,13)14/h2-4H,1H3. The Balaban J connectivity index is 2.24. The normalized spacial score (nSPS) is 13.0. The van der Waals surface area contributed by atoms with Crippen LogP contribution in [0.2, 0.25) is 0 Å². The van der Waals surface area contributed by atoms with Gasteiger partial charge in [0.1, 0.15) is 5.52 Å². The molecule has 0 amide bonds. The van der Waals surface area contributed by atoms with E-state index in [9.17, 15) is 26.3 Å². The summed E-state index contributed by atoms with van der Waals surface area (Å²) in [5, 5.41) is 2.96. The summed E-state index contributed by atoms with van der Waals surface area (Å²) in [6.45, 7) is 0. The molecule has 0 saturated heterocycles. The highest BCUT2D eigenvalue weighted by Crippen LogP contribution is 2.35. The molecule has 0 saturated carbocycles. The van der Waals surface area contributed by atoms with E-state index in [4.69, 9.17) is 0 Å². The number of aromatic nitrogens is 6. The Morgan fingerprint density at radius 1 is 1.00 bits per heavy atom. The molecule has 0 spiro atoms. The summed E-state index contributed by atoms with van der Waals surface area (Å²) >= 11 is 0. The van der Waals surface area contributed by atoms with Gasteiger partial charge in [0.05, 0.1) is 12.5 Å². The quantitative estimate of drug-likeness (QED) is 0.641. The number of halogens is 6. The van der Waals surface area contributed by atoms with Gasteiger partial charge in [-0.2, -0.15) is 41.1 Å². The van der Waals surface area contributed by atoms with Crippen molar-refractivity contribution in [3.63, 3.8) is 0 Å². The number of hydrogen-bond acceptors (Lipinski definition) is 4. The van der Waals surface area contributed by atoms with E-state index in [1.54, 1.807) is 0 Å². The van der Waals surface area contributed by atoms with Crippen LogP contribution < -0.4 is 0 Å². The minimum atomic E-state index is -5.05. The number of fused-ring (bicyclic) bond motifs is 1. The van der Waals surface area contributed by atoms with Crippen LogP contribution in [0.4, 0.5) is 26.3 Å². The molecule has 0 aliphatic rings. The Hall–Kier alpha value is -2.66. The van der Waals surface area contributed by atoms with Crippen molar-refractivity contribution in [1.82, 2.24) is 29.3 Å². The predicted octanol–water partition coefficient (Wildman–Crippen LogP) is 2.59. The smallest absolute Gasteiger partial charge is 0.318 e. The van der Waals surface area contributed by atoms with Crippen molar-refractivity contribution in [2.45, 2.75) is 12.4 Å². The van der Waals surface area contributed by atoms with Crippen LogP contribution in [-0.4, -0.2) is 29.3 Å². The summed E-state index contributed by atoms with van der Waals surface area (Å²) in [6, 6.07) is -0.0865. The third kappa shape index (κ3) is 2.59. The fraction of sp³-hybridized carbons (Fsp3) is 0.273. The molecule has 12 heteroatoms. The second-order valence-electron chi connectivity index (χ2n) is 4.56.